The van der Waals surface area contributed by atoms with Gasteiger partial charge in [0.1, 0.15) is 5.69 Å². The third-order valence-electron chi connectivity index (χ3n) is 2.85. The maximum atomic E-state index is 11.1. The molecule has 1 aromatic rings. The monoisotopic (exact) mass is 222 g/mol. The highest BCUT2D eigenvalue weighted by molar-refractivity contribution is 5.73. The third kappa shape index (κ3) is 2.26. The minimum absolute atomic E-state index is 0.120. The van der Waals surface area contributed by atoms with Gasteiger partial charge in [-0.15, -0.1) is 5.10 Å². The number of amides is 1. The van der Waals surface area contributed by atoms with Crippen molar-refractivity contribution in [2.24, 2.45) is 5.92 Å². The van der Waals surface area contributed by atoms with Crippen LogP contribution in [0.5, 0.6) is 0 Å². The first kappa shape index (κ1) is 10.8. The van der Waals surface area contributed by atoms with Crippen LogP contribution in [0.4, 0.5) is 0 Å². The smallest absolute Gasteiger partial charge is 0.219 e. The second-order valence-electron chi connectivity index (χ2n) is 4.10. The van der Waals surface area contributed by atoms with Crippen molar-refractivity contribution in [1.82, 2.24) is 19.9 Å². The fourth-order valence-electron chi connectivity index (χ4n) is 1.99. The number of aromatic nitrogens is 3. The lowest BCUT2D eigenvalue weighted by atomic mass is 10.1. The molecule has 0 aromatic carbocycles. The molecule has 0 bridgehead atoms. The van der Waals surface area contributed by atoms with E-state index in [1.54, 1.807) is 17.8 Å². The number of likely N-dealkylation sites (tertiary alicyclic amines) is 1. The number of carbonyl (C=O) groups excluding carboxylic acids is 2. The average molecular weight is 222 g/mol. The predicted octanol–water partition coefficient (Wildman–Crippen LogP) is -0.0410. The molecular weight excluding hydrogens is 208 g/mol. The van der Waals surface area contributed by atoms with Crippen molar-refractivity contribution in [2.45, 2.75) is 19.9 Å². The Morgan fingerprint density at radius 3 is 3.06 bits per heavy atom. The predicted molar refractivity (Wildman–Crippen MR) is 55.8 cm³/mol. The van der Waals surface area contributed by atoms with Gasteiger partial charge in [-0.1, -0.05) is 5.21 Å². The fourth-order valence-corrected chi connectivity index (χ4v) is 1.99. The van der Waals surface area contributed by atoms with Crippen LogP contribution in [0.2, 0.25) is 0 Å². The molecule has 1 atom stereocenters. The molecule has 2 heterocycles. The van der Waals surface area contributed by atoms with E-state index in [9.17, 15) is 9.59 Å². The van der Waals surface area contributed by atoms with E-state index in [1.165, 1.54) is 0 Å². The van der Waals surface area contributed by atoms with Crippen LogP contribution in [0.25, 0.3) is 0 Å². The number of hydrogen-bond acceptors (Lipinski definition) is 4. The molecule has 0 aliphatic carbocycles. The summed E-state index contributed by atoms with van der Waals surface area (Å²) in [4.78, 5) is 23.4. The summed E-state index contributed by atoms with van der Waals surface area (Å²) in [6.45, 7) is 3.88. The Morgan fingerprint density at radius 1 is 1.69 bits per heavy atom. The lowest BCUT2D eigenvalue weighted by molar-refractivity contribution is -0.127. The zero-order chi connectivity index (χ0) is 11.5. The van der Waals surface area contributed by atoms with Gasteiger partial charge in [-0.3, -0.25) is 14.3 Å². The van der Waals surface area contributed by atoms with Gasteiger partial charge in [0.25, 0.3) is 0 Å². The normalized spacial score (nSPS) is 20.1. The van der Waals surface area contributed by atoms with Crippen LogP contribution in [0.3, 0.4) is 0 Å². The minimum atomic E-state index is 0.120. The van der Waals surface area contributed by atoms with E-state index >= 15 is 0 Å². The lowest BCUT2D eigenvalue weighted by Gasteiger charge is -2.13. The van der Waals surface area contributed by atoms with Gasteiger partial charge in [0.15, 0.2) is 6.29 Å². The fraction of sp³-hybridized carbons (Fsp3) is 0.600. The second kappa shape index (κ2) is 4.42. The quantitative estimate of drug-likeness (QED) is 0.673. The molecule has 16 heavy (non-hydrogen) atoms. The number of carbonyl (C=O) groups is 2. The lowest BCUT2D eigenvalue weighted by Crippen LogP contribution is -2.26. The first-order valence-electron chi connectivity index (χ1n) is 5.30. The van der Waals surface area contributed by atoms with Gasteiger partial charge in [-0.2, -0.15) is 0 Å². The molecule has 1 aromatic heterocycles. The van der Waals surface area contributed by atoms with E-state index in [2.05, 4.69) is 10.3 Å². The molecule has 1 amide bonds. The molecular formula is C10H14N4O2. The summed E-state index contributed by atoms with van der Waals surface area (Å²) in [5.41, 5.74) is 0.349. The van der Waals surface area contributed by atoms with Crippen LogP contribution in [-0.4, -0.2) is 45.2 Å². The van der Waals surface area contributed by atoms with Crippen LogP contribution in [0.15, 0.2) is 6.20 Å². The summed E-state index contributed by atoms with van der Waals surface area (Å²) in [5, 5.41) is 7.55. The standard InChI is InChI=1S/C10H14N4O2/c1-8(16)13-3-2-9(4-13)5-14-6-10(7-15)11-12-14/h6-7,9H,2-5H2,1H3/t9-/m0/s1. The molecule has 2 rings (SSSR count). The molecule has 6 heteroatoms. The maximum absolute atomic E-state index is 11.1. The summed E-state index contributed by atoms with van der Waals surface area (Å²) in [5.74, 6) is 0.528. The van der Waals surface area contributed by atoms with E-state index < -0.39 is 0 Å². The molecule has 1 fully saturated rings. The Labute approximate surface area is 93.2 Å². The number of aldehydes is 1. The molecule has 0 unspecified atom stereocenters. The van der Waals surface area contributed by atoms with E-state index in [-0.39, 0.29) is 5.91 Å². The highest BCUT2D eigenvalue weighted by Gasteiger charge is 2.24. The van der Waals surface area contributed by atoms with Gasteiger partial charge in [-0.25, -0.2) is 0 Å². The summed E-state index contributed by atoms with van der Waals surface area (Å²) in [6, 6.07) is 0. The van der Waals surface area contributed by atoms with Gasteiger partial charge in [0, 0.05) is 26.6 Å². The van der Waals surface area contributed by atoms with Crippen molar-refractivity contribution in [2.75, 3.05) is 13.1 Å². The minimum Gasteiger partial charge on any atom is -0.343 e. The highest BCUT2D eigenvalue weighted by atomic mass is 16.2. The SMILES string of the molecule is CC(=O)N1CC[C@H](Cn2cc(C=O)nn2)C1. The molecule has 0 spiro atoms. The van der Waals surface area contributed by atoms with E-state index in [0.29, 0.717) is 24.4 Å². The van der Waals surface area contributed by atoms with Crippen LogP contribution < -0.4 is 0 Å². The largest absolute Gasteiger partial charge is 0.343 e. The Hall–Kier alpha value is -1.72. The average Bonchev–Trinajstić information content (AvgIpc) is 2.87. The van der Waals surface area contributed by atoms with Crippen LogP contribution in [0.1, 0.15) is 23.8 Å². The molecule has 1 saturated heterocycles. The summed E-state index contributed by atoms with van der Waals surface area (Å²) in [7, 11) is 0. The van der Waals surface area contributed by atoms with E-state index in [4.69, 9.17) is 0 Å². The Kier molecular flexibility index (Phi) is 2.98. The van der Waals surface area contributed by atoms with Gasteiger partial charge < -0.3 is 4.90 Å². The van der Waals surface area contributed by atoms with Gasteiger partial charge in [-0.05, 0) is 12.3 Å². The number of rotatable bonds is 3. The topological polar surface area (TPSA) is 68.1 Å². The molecule has 1 aliphatic rings. The van der Waals surface area contributed by atoms with E-state index in [1.807, 2.05) is 4.90 Å². The highest BCUT2D eigenvalue weighted by Crippen LogP contribution is 2.17. The molecule has 86 valence electrons. The first-order valence-corrected chi connectivity index (χ1v) is 5.30. The van der Waals surface area contributed by atoms with Crippen molar-refractivity contribution in [3.8, 4) is 0 Å². The Morgan fingerprint density at radius 2 is 2.50 bits per heavy atom. The third-order valence-corrected chi connectivity index (χ3v) is 2.85. The first-order chi connectivity index (χ1) is 7.69. The van der Waals surface area contributed by atoms with Crippen LogP contribution in [0, 0.1) is 5.92 Å². The Bertz CT molecular complexity index is 401. The molecule has 0 N–H and O–H groups in total. The summed E-state index contributed by atoms with van der Waals surface area (Å²) < 4.78 is 1.66. The molecule has 1 aliphatic heterocycles. The van der Waals surface area contributed by atoms with Crippen molar-refractivity contribution in [3.63, 3.8) is 0 Å². The van der Waals surface area contributed by atoms with Crippen LogP contribution >= 0.6 is 0 Å². The van der Waals surface area contributed by atoms with Gasteiger partial charge >= 0.3 is 0 Å². The molecule has 6 nitrogen and oxygen atoms in total. The van der Waals surface area contributed by atoms with Crippen molar-refractivity contribution in [1.29, 1.82) is 0 Å². The molecule has 0 saturated carbocycles. The van der Waals surface area contributed by atoms with Crippen LogP contribution in [-0.2, 0) is 11.3 Å². The van der Waals surface area contributed by atoms with Crippen molar-refractivity contribution >= 4 is 12.2 Å². The Balaban J connectivity index is 1.91. The van der Waals surface area contributed by atoms with Gasteiger partial charge in [0.05, 0.1) is 6.20 Å². The molecule has 0 radical (unpaired) electrons. The summed E-state index contributed by atoms with van der Waals surface area (Å²) >= 11 is 0. The maximum Gasteiger partial charge on any atom is 0.219 e. The zero-order valence-electron chi connectivity index (χ0n) is 9.17. The summed E-state index contributed by atoms with van der Waals surface area (Å²) in [6.07, 6.45) is 3.29. The van der Waals surface area contributed by atoms with Crippen molar-refractivity contribution < 1.29 is 9.59 Å². The van der Waals surface area contributed by atoms with E-state index in [0.717, 1.165) is 19.5 Å². The number of hydrogen-bond donors (Lipinski definition) is 0. The van der Waals surface area contributed by atoms with Gasteiger partial charge in [0.2, 0.25) is 5.91 Å². The van der Waals surface area contributed by atoms with Crippen molar-refractivity contribution in [3.05, 3.63) is 11.9 Å². The zero-order valence-corrected chi connectivity index (χ0v) is 9.17. The second-order valence-corrected chi connectivity index (χ2v) is 4.10. The number of nitrogens with zero attached hydrogens (tertiary/aromatic N) is 4.